The van der Waals surface area contributed by atoms with Crippen molar-refractivity contribution in [3.05, 3.63) is 29.3 Å². The van der Waals surface area contributed by atoms with Gasteiger partial charge in [-0.15, -0.1) is 0 Å². The number of nitrogens with one attached hydrogen (secondary N) is 2. The molecule has 1 aliphatic carbocycles. The molecule has 2 N–H and O–H groups in total. The first-order chi connectivity index (χ1) is 9.62. The molecule has 3 nitrogen and oxygen atoms in total. The molecular formula is C17H24N2O. The Hall–Kier alpha value is -1.35. The quantitative estimate of drug-likeness (QED) is 0.869. The monoisotopic (exact) mass is 272 g/mol. The highest BCUT2D eigenvalue weighted by Crippen LogP contribution is 2.44. The molecule has 2 atom stereocenters. The first-order valence-electron chi connectivity index (χ1n) is 7.71. The summed E-state index contributed by atoms with van der Waals surface area (Å²) in [6, 6.07) is 6.21. The van der Waals surface area contributed by atoms with Crippen molar-refractivity contribution in [1.29, 1.82) is 0 Å². The van der Waals surface area contributed by atoms with E-state index in [0.29, 0.717) is 5.92 Å². The first-order valence-corrected chi connectivity index (χ1v) is 7.71. The van der Waals surface area contributed by atoms with Gasteiger partial charge in [0.05, 0.1) is 5.41 Å². The summed E-state index contributed by atoms with van der Waals surface area (Å²) < 4.78 is 0. The first kappa shape index (κ1) is 13.6. The second-order valence-corrected chi connectivity index (χ2v) is 6.50. The Morgan fingerprint density at radius 1 is 1.35 bits per heavy atom. The second-order valence-electron chi connectivity index (χ2n) is 6.50. The second kappa shape index (κ2) is 5.21. The van der Waals surface area contributed by atoms with Gasteiger partial charge in [-0.2, -0.15) is 0 Å². The van der Waals surface area contributed by atoms with Gasteiger partial charge in [0, 0.05) is 12.2 Å². The van der Waals surface area contributed by atoms with Gasteiger partial charge >= 0.3 is 0 Å². The molecule has 1 saturated carbocycles. The van der Waals surface area contributed by atoms with Crippen LogP contribution >= 0.6 is 0 Å². The lowest BCUT2D eigenvalue weighted by Crippen LogP contribution is -2.44. The van der Waals surface area contributed by atoms with Crippen LogP contribution in [0.2, 0.25) is 0 Å². The van der Waals surface area contributed by atoms with E-state index < -0.39 is 0 Å². The fraction of sp³-hybridized carbons (Fsp3) is 0.588. The summed E-state index contributed by atoms with van der Waals surface area (Å²) in [6.07, 6.45) is 4.66. The standard InChI is InChI=1S/C17H24N2O/c1-12-6-7-15(13(2)9-12)19-16(20)17-8-4-3-5-14(17)10-18-11-17/h6-7,9,14,18H,3-5,8,10-11H2,1-2H3,(H,19,20)/t14-,17+/m0/s1. The lowest BCUT2D eigenvalue weighted by molar-refractivity contribution is -0.128. The average molecular weight is 272 g/mol. The predicted molar refractivity (Wildman–Crippen MR) is 81.8 cm³/mol. The summed E-state index contributed by atoms with van der Waals surface area (Å²) in [5.41, 5.74) is 3.17. The summed E-state index contributed by atoms with van der Waals surface area (Å²) in [5, 5.41) is 6.63. The van der Waals surface area contributed by atoms with Gasteiger partial charge in [0.1, 0.15) is 0 Å². The number of benzene rings is 1. The minimum Gasteiger partial charge on any atom is -0.325 e. The zero-order valence-electron chi connectivity index (χ0n) is 12.5. The van der Waals surface area contributed by atoms with Gasteiger partial charge in [-0.25, -0.2) is 0 Å². The molecule has 1 heterocycles. The molecule has 0 spiro atoms. The van der Waals surface area contributed by atoms with Gasteiger partial charge in [0.25, 0.3) is 0 Å². The third-order valence-electron chi connectivity index (χ3n) is 5.12. The van der Waals surface area contributed by atoms with Gasteiger partial charge < -0.3 is 10.6 Å². The summed E-state index contributed by atoms with van der Waals surface area (Å²) in [4.78, 5) is 12.9. The molecule has 3 heteroatoms. The smallest absolute Gasteiger partial charge is 0.232 e. The predicted octanol–water partition coefficient (Wildman–Crippen LogP) is 3.02. The van der Waals surface area contributed by atoms with E-state index in [1.807, 2.05) is 6.07 Å². The van der Waals surface area contributed by atoms with E-state index in [1.165, 1.54) is 24.8 Å². The van der Waals surface area contributed by atoms with Crippen LogP contribution in [0.5, 0.6) is 0 Å². The number of hydrogen-bond acceptors (Lipinski definition) is 2. The van der Waals surface area contributed by atoms with Crippen LogP contribution in [0.1, 0.15) is 36.8 Å². The van der Waals surface area contributed by atoms with Crippen LogP contribution in [-0.4, -0.2) is 19.0 Å². The Morgan fingerprint density at radius 2 is 2.20 bits per heavy atom. The number of carbonyl (C=O) groups is 1. The van der Waals surface area contributed by atoms with E-state index in [1.54, 1.807) is 0 Å². The maximum atomic E-state index is 12.9. The normalized spacial score (nSPS) is 29.0. The molecule has 1 aromatic carbocycles. The highest BCUT2D eigenvalue weighted by Gasteiger charge is 2.49. The number of amides is 1. The lowest BCUT2D eigenvalue weighted by atomic mass is 9.67. The van der Waals surface area contributed by atoms with Crippen LogP contribution in [-0.2, 0) is 4.79 Å². The third kappa shape index (κ3) is 2.24. The van der Waals surface area contributed by atoms with Crippen molar-refractivity contribution in [3.8, 4) is 0 Å². The van der Waals surface area contributed by atoms with Crippen LogP contribution in [0.15, 0.2) is 18.2 Å². The Kier molecular flexibility index (Phi) is 3.55. The Bertz CT molecular complexity index is 526. The molecule has 1 saturated heterocycles. The molecule has 1 aliphatic heterocycles. The van der Waals surface area contributed by atoms with Crippen molar-refractivity contribution >= 4 is 11.6 Å². The number of anilines is 1. The van der Waals surface area contributed by atoms with Gasteiger partial charge in [-0.3, -0.25) is 4.79 Å². The van der Waals surface area contributed by atoms with E-state index in [0.717, 1.165) is 30.8 Å². The number of fused-ring (bicyclic) bond motifs is 1. The average Bonchev–Trinajstić information content (AvgIpc) is 2.87. The molecule has 3 rings (SSSR count). The fourth-order valence-electron chi connectivity index (χ4n) is 3.89. The highest BCUT2D eigenvalue weighted by atomic mass is 16.2. The van der Waals surface area contributed by atoms with Crippen LogP contribution < -0.4 is 10.6 Å². The van der Waals surface area contributed by atoms with Gasteiger partial charge in [0.2, 0.25) is 5.91 Å². The SMILES string of the molecule is Cc1ccc(NC(=O)[C@@]23CCCC[C@H]2CNC3)c(C)c1. The zero-order chi connectivity index (χ0) is 14.2. The van der Waals surface area contributed by atoms with E-state index in [2.05, 4.69) is 36.6 Å². The molecule has 2 aliphatic rings. The molecule has 108 valence electrons. The molecule has 0 aromatic heterocycles. The van der Waals surface area contributed by atoms with E-state index in [-0.39, 0.29) is 11.3 Å². The molecule has 1 aromatic rings. The Balaban J connectivity index is 1.81. The van der Waals surface area contributed by atoms with Crippen LogP contribution in [0.4, 0.5) is 5.69 Å². The van der Waals surface area contributed by atoms with Gasteiger partial charge in [0.15, 0.2) is 0 Å². The Morgan fingerprint density at radius 3 is 3.00 bits per heavy atom. The van der Waals surface area contributed by atoms with Crippen molar-refractivity contribution in [1.82, 2.24) is 5.32 Å². The van der Waals surface area contributed by atoms with Crippen LogP contribution in [0.25, 0.3) is 0 Å². The maximum absolute atomic E-state index is 12.9. The lowest BCUT2D eigenvalue weighted by Gasteiger charge is -2.37. The van der Waals surface area contributed by atoms with E-state index >= 15 is 0 Å². The molecule has 0 bridgehead atoms. The number of hydrogen-bond donors (Lipinski definition) is 2. The van der Waals surface area contributed by atoms with Crippen LogP contribution in [0.3, 0.4) is 0 Å². The van der Waals surface area contributed by atoms with E-state index in [9.17, 15) is 4.79 Å². The highest BCUT2D eigenvalue weighted by molar-refractivity contribution is 5.96. The van der Waals surface area contributed by atoms with E-state index in [4.69, 9.17) is 0 Å². The largest absolute Gasteiger partial charge is 0.325 e. The maximum Gasteiger partial charge on any atom is 0.232 e. The molecule has 1 amide bonds. The van der Waals surface area contributed by atoms with Crippen molar-refractivity contribution in [2.75, 3.05) is 18.4 Å². The minimum atomic E-state index is -0.171. The fourth-order valence-corrected chi connectivity index (χ4v) is 3.89. The number of aryl methyl sites for hydroxylation is 2. The summed E-state index contributed by atoms with van der Waals surface area (Å²) in [5.74, 6) is 0.737. The van der Waals surface area contributed by atoms with Crippen LogP contribution in [0, 0.1) is 25.2 Å². The molecule has 20 heavy (non-hydrogen) atoms. The summed E-state index contributed by atoms with van der Waals surface area (Å²) in [6.45, 7) is 5.98. The van der Waals surface area contributed by atoms with Crippen molar-refractivity contribution < 1.29 is 4.79 Å². The van der Waals surface area contributed by atoms with Crippen molar-refractivity contribution in [3.63, 3.8) is 0 Å². The molecule has 0 radical (unpaired) electrons. The molecule has 2 fully saturated rings. The van der Waals surface area contributed by atoms with Gasteiger partial charge in [-0.1, -0.05) is 30.5 Å². The molecule has 0 unspecified atom stereocenters. The zero-order valence-corrected chi connectivity index (χ0v) is 12.5. The summed E-state index contributed by atoms with van der Waals surface area (Å²) in [7, 11) is 0. The number of rotatable bonds is 2. The Labute approximate surface area is 121 Å². The third-order valence-corrected chi connectivity index (χ3v) is 5.12. The topological polar surface area (TPSA) is 41.1 Å². The van der Waals surface area contributed by atoms with Crippen molar-refractivity contribution in [2.24, 2.45) is 11.3 Å². The molecular weight excluding hydrogens is 248 g/mol. The van der Waals surface area contributed by atoms with Gasteiger partial charge in [-0.05, 0) is 50.8 Å². The summed E-state index contributed by atoms with van der Waals surface area (Å²) >= 11 is 0. The minimum absolute atomic E-state index is 0.171. The van der Waals surface area contributed by atoms with Crippen molar-refractivity contribution in [2.45, 2.75) is 39.5 Å². The number of carbonyl (C=O) groups excluding carboxylic acids is 1.